The molecule has 0 radical (unpaired) electrons. The quantitative estimate of drug-likeness (QED) is 0.258. The van der Waals surface area contributed by atoms with Crippen LogP contribution >= 0.6 is 0 Å². The molecule has 0 bridgehead atoms. The van der Waals surface area contributed by atoms with E-state index < -0.39 is 0 Å². The number of rotatable bonds is 0. The van der Waals surface area contributed by atoms with Crippen molar-refractivity contribution in [1.29, 1.82) is 0 Å². The minimum absolute atomic E-state index is 0. The summed E-state index contributed by atoms with van der Waals surface area (Å²) in [7, 11) is 0. The van der Waals surface area contributed by atoms with E-state index in [1.807, 2.05) is 20.8 Å². The van der Waals surface area contributed by atoms with Crippen LogP contribution < -0.4 is 24.8 Å². The van der Waals surface area contributed by atoms with Gasteiger partial charge in [-0.05, 0) is 20.8 Å². The molecule has 0 aromatic rings. The van der Waals surface area contributed by atoms with Crippen molar-refractivity contribution in [1.82, 2.24) is 0 Å². The Morgan fingerprint density at radius 3 is 1.22 bits per heavy atom. The minimum Gasteiger partial charge on any atom is -1.00 e. The van der Waals surface area contributed by atoms with Crippen molar-refractivity contribution >= 4 is 23.1 Å². The van der Waals surface area contributed by atoms with E-state index in [9.17, 15) is 0 Å². The van der Waals surface area contributed by atoms with Gasteiger partial charge in [0.05, 0.1) is 0 Å². The summed E-state index contributed by atoms with van der Waals surface area (Å²) in [6.45, 7) is 6.02. The predicted octanol–water partition coefficient (Wildman–Crippen LogP) is -4.71. The monoisotopic (exact) mass is 176 g/mol. The first-order valence-corrected chi connectivity index (χ1v) is 2.04. The molecule has 0 aliphatic rings. The van der Waals surface area contributed by atoms with Gasteiger partial charge >= 0.3 is 23.1 Å². The summed E-state index contributed by atoms with van der Waals surface area (Å²) in [5.74, 6) is 2.60. The van der Waals surface area contributed by atoms with Gasteiger partial charge < -0.3 is 24.8 Å². The van der Waals surface area contributed by atoms with Crippen LogP contribution in [0, 0.1) is 17.8 Å². The fraction of sp³-hybridized carbons (Fsp3) is 0.667. The zero-order chi connectivity index (χ0) is 5.21. The molecule has 0 aromatic carbocycles. The molecule has 0 spiro atoms. The molecule has 0 rings (SSSR count). The van der Waals surface area contributed by atoms with Crippen molar-refractivity contribution in [3.05, 3.63) is 0 Å². The second-order valence-electron chi connectivity index (χ2n) is 2.39. The standard InChI is InChI=1S/C6H10.2ClH.Mg/c1-5-6(2,3)4;;;/h1H,2-4H3;2*1H;/q;;;+2/p-2. The van der Waals surface area contributed by atoms with Crippen molar-refractivity contribution in [2.45, 2.75) is 20.8 Å². The van der Waals surface area contributed by atoms with Crippen molar-refractivity contribution in [3.63, 3.8) is 0 Å². The van der Waals surface area contributed by atoms with E-state index in [1.165, 1.54) is 0 Å². The SMILES string of the molecule is C#CC(C)(C)C.[Cl-].[Cl-].[Mg+2]. The molecule has 50 valence electrons. The van der Waals surface area contributed by atoms with Gasteiger partial charge in [-0.1, -0.05) is 0 Å². The Hall–Kier alpha value is 0.906. The Labute approximate surface area is 86.1 Å². The van der Waals surface area contributed by atoms with Gasteiger partial charge in [-0.2, -0.15) is 0 Å². The molecular weight excluding hydrogens is 167 g/mol. The number of halogens is 2. The first-order chi connectivity index (χ1) is 2.56. The van der Waals surface area contributed by atoms with Gasteiger partial charge in [-0.15, -0.1) is 12.3 Å². The van der Waals surface area contributed by atoms with Crippen molar-refractivity contribution in [3.8, 4) is 12.3 Å². The van der Waals surface area contributed by atoms with E-state index in [0.717, 1.165) is 0 Å². The third-order valence-electron chi connectivity index (χ3n) is 0.433. The summed E-state index contributed by atoms with van der Waals surface area (Å²) in [5.41, 5.74) is 0.0694. The Bertz CT molecular complexity index is 78.0. The molecule has 0 atom stereocenters. The van der Waals surface area contributed by atoms with Crippen molar-refractivity contribution < 1.29 is 24.8 Å². The topological polar surface area (TPSA) is 0 Å². The summed E-state index contributed by atoms with van der Waals surface area (Å²) in [5, 5.41) is 0. The van der Waals surface area contributed by atoms with Crippen LogP contribution in [-0.2, 0) is 0 Å². The molecule has 0 amide bonds. The summed E-state index contributed by atoms with van der Waals surface area (Å²) >= 11 is 0. The van der Waals surface area contributed by atoms with Crippen LogP contribution in [0.2, 0.25) is 0 Å². The first kappa shape index (κ1) is 22.5. The maximum absolute atomic E-state index is 5.06. The molecule has 0 aromatic heterocycles. The fourth-order valence-electron chi connectivity index (χ4n) is 0. The summed E-state index contributed by atoms with van der Waals surface area (Å²) in [6, 6.07) is 0. The molecule has 0 N–H and O–H groups in total. The van der Waals surface area contributed by atoms with E-state index in [0.29, 0.717) is 0 Å². The molecule has 0 saturated carbocycles. The van der Waals surface area contributed by atoms with Crippen LogP contribution in [0.1, 0.15) is 20.8 Å². The Morgan fingerprint density at radius 2 is 1.22 bits per heavy atom. The maximum Gasteiger partial charge on any atom is 2.00 e. The zero-order valence-electron chi connectivity index (χ0n) is 6.04. The molecule has 0 nitrogen and oxygen atoms in total. The van der Waals surface area contributed by atoms with E-state index in [2.05, 4.69) is 5.92 Å². The minimum atomic E-state index is 0. The Balaban J connectivity index is -0.0000000417. The average Bonchev–Trinajstić information content (AvgIpc) is 1.35. The fourth-order valence-corrected chi connectivity index (χ4v) is 0. The Kier molecular flexibility index (Phi) is 22.3. The first-order valence-electron chi connectivity index (χ1n) is 2.04. The third-order valence-corrected chi connectivity index (χ3v) is 0.433. The second-order valence-corrected chi connectivity index (χ2v) is 2.39. The molecule has 9 heavy (non-hydrogen) atoms. The molecule has 0 aliphatic carbocycles. The summed E-state index contributed by atoms with van der Waals surface area (Å²) in [4.78, 5) is 0. The van der Waals surface area contributed by atoms with Gasteiger partial charge in [0, 0.05) is 5.41 Å². The molecule has 3 heteroatoms. The molecule has 0 aliphatic heterocycles. The third kappa shape index (κ3) is 27.8. The van der Waals surface area contributed by atoms with Crippen molar-refractivity contribution in [2.24, 2.45) is 5.41 Å². The number of hydrogen-bond donors (Lipinski definition) is 0. The molecule has 0 heterocycles. The van der Waals surface area contributed by atoms with E-state index in [4.69, 9.17) is 6.42 Å². The smallest absolute Gasteiger partial charge is 1.00 e. The normalized spacial score (nSPS) is 6.89. The van der Waals surface area contributed by atoms with Gasteiger partial charge in [0.2, 0.25) is 0 Å². The maximum atomic E-state index is 5.06. The van der Waals surface area contributed by atoms with E-state index in [-0.39, 0.29) is 53.3 Å². The zero-order valence-corrected chi connectivity index (χ0v) is 8.97. The van der Waals surface area contributed by atoms with Crippen molar-refractivity contribution in [2.75, 3.05) is 0 Å². The van der Waals surface area contributed by atoms with E-state index in [1.54, 1.807) is 0 Å². The van der Waals surface area contributed by atoms with Gasteiger partial charge in [0.15, 0.2) is 0 Å². The Morgan fingerprint density at radius 1 is 1.11 bits per heavy atom. The molecular formula is C6H10Cl2Mg. The second kappa shape index (κ2) is 8.91. The molecule has 0 unspecified atom stereocenters. The number of hydrogen-bond acceptors (Lipinski definition) is 0. The van der Waals surface area contributed by atoms with Crippen LogP contribution in [0.5, 0.6) is 0 Å². The van der Waals surface area contributed by atoms with Crippen LogP contribution in [-0.4, -0.2) is 23.1 Å². The van der Waals surface area contributed by atoms with Gasteiger partial charge in [-0.3, -0.25) is 0 Å². The van der Waals surface area contributed by atoms with Crippen LogP contribution in [0.4, 0.5) is 0 Å². The van der Waals surface area contributed by atoms with Crippen LogP contribution in [0.15, 0.2) is 0 Å². The molecule has 0 fully saturated rings. The summed E-state index contributed by atoms with van der Waals surface area (Å²) in [6.07, 6.45) is 5.06. The number of terminal acetylenes is 1. The van der Waals surface area contributed by atoms with Gasteiger partial charge in [0.1, 0.15) is 0 Å². The van der Waals surface area contributed by atoms with Gasteiger partial charge in [0.25, 0.3) is 0 Å². The average molecular weight is 177 g/mol. The largest absolute Gasteiger partial charge is 2.00 e. The van der Waals surface area contributed by atoms with Crippen LogP contribution in [0.25, 0.3) is 0 Å². The van der Waals surface area contributed by atoms with Gasteiger partial charge in [-0.25, -0.2) is 0 Å². The van der Waals surface area contributed by atoms with E-state index >= 15 is 0 Å². The predicted molar refractivity (Wildman–Crippen MR) is 34.0 cm³/mol. The molecule has 0 saturated heterocycles. The summed E-state index contributed by atoms with van der Waals surface area (Å²) < 4.78 is 0. The van der Waals surface area contributed by atoms with Crippen LogP contribution in [0.3, 0.4) is 0 Å².